The molecule has 4 saturated carbocycles. The minimum absolute atomic E-state index is 0.0458. The Hall–Kier alpha value is -0.890. The molecule has 4 fully saturated rings. The molecule has 27 heavy (non-hydrogen) atoms. The maximum Gasteiger partial charge on any atom is 0.155 e. The molecular formula is C25H34O2. The standard InChI is InChI=1S/C25H34O2/c1-2-24-11-8-20-19-7-6-18(26)14-17(19)15-21(16-4-5-16)23(20)22(24)9-12-25(24)10-3-13-27-25/h3,10,14,16,19-23H,2,4-9,11-13,15H2,1H3/t19-,20?,21?,22?,23?,24-,25-/m0/s1. The summed E-state index contributed by atoms with van der Waals surface area (Å²) in [5.41, 5.74) is 1.97. The molecule has 1 aliphatic heterocycles. The Kier molecular flexibility index (Phi) is 3.66. The zero-order valence-corrected chi connectivity index (χ0v) is 16.8. The predicted octanol–water partition coefficient (Wildman–Crippen LogP) is 5.48. The van der Waals surface area contributed by atoms with E-state index >= 15 is 0 Å². The van der Waals surface area contributed by atoms with E-state index in [-0.39, 0.29) is 5.60 Å². The van der Waals surface area contributed by atoms with Crippen LogP contribution in [0.15, 0.2) is 23.8 Å². The number of rotatable bonds is 2. The Morgan fingerprint density at radius 2 is 2.00 bits per heavy atom. The summed E-state index contributed by atoms with van der Waals surface area (Å²) in [6.45, 7) is 3.27. The van der Waals surface area contributed by atoms with Crippen molar-refractivity contribution in [3.8, 4) is 0 Å². The Balaban J connectivity index is 1.42. The second-order valence-electron chi connectivity index (χ2n) is 10.6. The first-order chi connectivity index (χ1) is 13.2. The van der Waals surface area contributed by atoms with Gasteiger partial charge in [0.2, 0.25) is 0 Å². The fourth-order valence-electron chi connectivity index (χ4n) is 8.84. The Bertz CT molecular complexity index is 716. The first-order valence-electron chi connectivity index (χ1n) is 11.7. The normalized spacial score (nSPS) is 51.1. The van der Waals surface area contributed by atoms with Gasteiger partial charge in [0.1, 0.15) is 0 Å². The molecule has 0 radical (unpaired) electrons. The highest BCUT2D eigenvalue weighted by atomic mass is 16.5. The molecule has 1 spiro atoms. The molecule has 0 amide bonds. The SMILES string of the molecule is CC[C@]12CCC3C(C(C4CC4)CC4=CC(=O)CC[C@@H]43)C1CC[C@@]21C=CCO1. The number of hydrogen-bond donors (Lipinski definition) is 0. The van der Waals surface area contributed by atoms with E-state index in [0.29, 0.717) is 17.1 Å². The number of fused-ring (bicyclic) bond motifs is 6. The van der Waals surface area contributed by atoms with Gasteiger partial charge in [0.05, 0.1) is 12.2 Å². The average Bonchev–Trinajstić information content (AvgIpc) is 3.33. The Labute approximate surface area is 163 Å². The van der Waals surface area contributed by atoms with Crippen molar-refractivity contribution in [1.29, 1.82) is 0 Å². The van der Waals surface area contributed by atoms with Crippen molar-refractivity contribution in [3.05, 3.63) is 23.8 Å². The van der Waals surface area contributed by atoms with Gasteiger partial charge in [-0.05, 0) is 99.4 Å². The minimum atomic E-state index is 0.0458. The summed E-state index contributed by atoms with van der Waals surface area (Å²) in [6.07, 6.45) is 19.5. The fraction of sp³-hybridized carbons (Fsp3) is 0.800. The average molecular weight is 367 g/mol. The molecule has 6 rings (SSSR count). The van der Waals surface area contributed by atoms with Crippen LogP contribution in [0, 0.1) is 40.9 Å². The van der Waals surface area contributed by atoms with Gasteiger partial charge in [0.25, 0.3) is 0 Å². The summed E-state index contributed by atoms with van der Waals surface area (Å²) in [7, 11) is 0. The lowest BCUT2D eigenvalue weighted by atomic mass is 9.46. The summed E-state index contributed by atoms with van der Waals surface area (Å²) in [4.78, 5) is 12.1. The third kappa shape index (κ3) is 2.20. The van der Waals surface area contributed by atoms with Gasteiger partial charge in [0, 0.05) is 11.8 Å². The molecule has 4 unspecified atom stereocenters. The van der Waals surface area contributed by atoms with Gasteiger partial charge in [-0.2, -0.15) is 0 Å². The molecule has 0 aromatic rings. The lowest BCUT2D eigenvalue weighted by Crippen LogP contribution is -2.55. The topological polar surface area (TPSA) is 26.3 Å². The maximum atomic E-state index is 12.1. The van der Waals surface area contributed by atoms with Gasteiger partial charge in [0.15, 0.2) is 5.78 Å². The number of carbonyl (C=O) groups excluding carboxylic acids is 1. The van der Waals surface area contributed by atoms with E-state index in [1.807, 2.05) is 0 Å². The molecule has 0 saturated heterocycles. The molecule has 0 N–H and O–H groups in total. The van der Waals surface area contributed by atoms with Crippen molar-refractivity contribution >= 4 is 5.78 Å². The molecule has 2 heteroatoms. The van der Waals surface area contributed by atoms with E-state index in [4.69, 9.17) is 4.74 Å². The van der Waals surface area contributed by atoms with Gasteiger partial charge < -0.3 is 4.74 Å². The zero-order valence-electron chi connectivity index (χ0n) is 16.8. The lowest BCUT2D eigenvalue weighted by Gasteiger charge is -2.59. The molecule has 0 aromatic heterocycles. The Morgan fingerprint density at radius 3 is 2.74 bits per heavy atom. The predicted molar refractivity (Wildman–Crippen MR) is 106 cm³/mol. The smallest absolute Gasteiger partial charge is 0.155 e. The first kappa shape index (κ1) is 17.0. The summed E-state index contributed by atoms with van der Waals surface area (Å²) in [6, 6.07) is 0. The highest BCUT2D eigenvalue weighted by molar-refractivity contribution is 5.91. The monoisotopic (exact) mass is 366 g/mol. The van der Waals surface area contributed by atoms with Crippen LogP contribution < -0.4 is 0 Å². The van der Waals surface area contributed by atoms with Crippen LogP contribution in [0.4, 0.5) is 0 Å². The summed E-state index contributed by atoms with van der Waals surface area (Å²) >= 11 is 0. The number of carbonyl (C=O) groups is 1. The first-order valence-corrected chi connectivity index (χ1v) is 11.7. The quantitative estimate of drug-likeness (QED) is 0.605. The van der Waals surface area contributed by atoms with Crippen LogP contribution in [0.5, 0.6) is 0 Å². The van der Waals surface area contributed by atoms with Gasteiger partial charge >= 0.3 is 0 Å². The van der Waals surface area contributed by atoms with Crippen LogP contribution in [0.1, 0.15) is 71.1 Å². The maximum absolute atomic E-state index is 12.1. The second kappa shape index (κ2) is 5.81. The van der Waals surface area contributed by atoms with Gasteiger partial charge in [-0.1, -0.05) is 24.6 Å². The van der Waals surface area contributed by atoms with E-state index < -0.39 is 0 Å². The Morgan fingerprint density at radius 1 is 1.11 bits per heavy atom. The van der Waals surface area contributed by atoms with Crippen molar-refractivity contribution < 1.29 is 9.53 Å². The molecule has 5 aliphatic carbocycles. The molecule has 2 nitrogen and oxygen atoms in total. The van der Waals surface area contributed by atoms with Crippen LogP contribution in [0.25, 0.3) is 0 Å². The minimum Gasteiger partial charge on any atom is -0.366 e. The zero-order chi connectivity index (χ0) is 18.2. The molecule has 146 valence electrons. The van der Waals surface area contributed by atoms with Crippen LogP contribution >= 0.6 is 0 Å². The molecule has 0 bridgehead atoms. The molecule has 7 atom stereocenters. The molecule has 1 heterocycles. The van der Waals surface area contributed by atoms with E-state index in [1.54, 1.807) is 5.57 Å². The van der Waals surface area contributed by atoms with Crippen molar-refractivity contribution in [2.45, 2.75) is 76.7 Å². The van der Waals surface area contributed by atoms with Crippen molar-refractivity contribution in [2.75, 3.05) is 6.61 Å². The highest BCUT2D eigenvalue weighted by Crippen LogP contribution is 2.70. The van der Waals surface area contributed by atoms with E-state index in [9.17, 15) is 4.79 Å². The number of hydrogen-bond acceptors (Lipinski definition) is 2. The third-order valence-electron chi connectivity index (χ3n) is 9.95. The summed E-state index contributed by atoms with van der Waals surface area (Å²) in [5, 5.41) is 0. The number of allylic oxidation sites excluding steroid dienone is 1. The van der Waals surface area contributed by atoms with Gasteiger partial charge in [-0.15, -0.1) is 0 Å². The number of ether oxygens (including phenoxy) is 1. The molecule has 0 aromatic carbocycles. The van der Waals surface area contributed by atoms with Crippen LogP contribution in [-0.2, 0) is 9.53 Å². The van der Waals surface area contributed by atoms with E-state index in [2.05, 4.69) is 25.2 Å². The third-order valence-corrected chi connectivity index (χ3v) is 9.95. The van der Waals surface area contributed by atoms with E-state index in [0.717, 1.165) is 49.0 Å². The van der Waals surface area contributed by atoms with Crippen LogP contribution in [0.3, 0.4) is 0 Å². The fourth-order valence-corrected chi connectivity index (χ4v) is 8.84. The number of ketones is 1. The van der Waals surface area contributed by atoms with Crippen molar-refractivity contribution in [2.24, 2.45) is 40.9 Å². The van der Waals surface area contributed by atoms with Crippen LogP contribution in [-0.4, -0.2) is 18.0 Å². The summed E-state index contributed by atoms with van der Waals surface area (Å²) in [5.74, 6) is 5.48. The molecule has 6 aliphatic rings. The van der Waals surface area contributed by atoms with Crippen LogP contribution in [0.2, 0.25) is 0 Å². The second-order valence-corrected chi connectivity index (χ2v) is 10.6. The highest BCUT2D eigenvalue weighted by Gasteiger charge is 2.66. The summed E-state index contributed by atoms with van der Waals surface area (Å²) < 4.78 is 6.51. The van der Waals surface area contributed by atoms with Gasteiger partial charge in [-0.25, -0.2) is 0 Å². The van der Waals surface area contributed by atoms with Crippen molar-refractivity contribution in [1.82, 2.24) is 0 Å². The lowest BCUT2D eigenvalue weighted by molar-refractivity contribution is -0.135. The van der Waals surface area contributed by atoms with E-state index in [1.165, 1.54) is 51.4 Å². The van der Waals surface area contributed by atoms with Crippen molar-refractivity contribution in [3.63, 3.8) is 0 Å². The largest absolute Gasteiger partial charge is 0.366 e. The van der Waals surface area contributed by atoms with Gasteiger partial charge in [-0.3, -0.25) is 4.79 Å². The molecular weight excluding hydrogens is 332 g/mol.